The molecule has 1 atom stereocenters. The van der Waals surface area contributed by atoms with Gasteiger partial charge in [-0.25, -0.2) is 0 Å². The Labute approximate surface area is 118 Å². The average molecular weight is 282 g/mol. The highest BCUT2D eigenvalue weighted by molar-refractivity contribution is 7.10. The second-order valence-electron chi connectivity index (χ2n) is 4.85. The number of fused-ring (bicyclic) bond motifs is 1. The van der Waals surface area contributed by atoms with Crippen molar-refractivity contribution in [3.05, 3.63) is 21.9 Å². The Balaban J connectivity index is 2.07. The van der Waals surface area contributed by atoms with Gasteiger partial charge in [0.15, 0.2) is 0 Å². The molecule has 1 aliphatic rings. The number of hydrogen-bond donors (Lipinski definition) is 1. The molecule has 0 amide bonds. The fraction of sp³-hybridized carbons (Fsp3) is 0.643. The van der Waals surface area contributed by atoms with Gasteiger partial charge in [0.25, 0.3) is 0 Å². The van der Waals surface area contributed by atoms with E-state index in [0.29, 0.717) is 0 Å². The molecule has 1 aliphatic heterocycles. The van der Waals surface area contributed by atoms with Crippen LogP contribution < -0.4 is 0 Å². The van der Waals surface area contributed by atoms with Crippen LogP contribution in [0.4, 0.5) is 0 Å². The fourth-order valence-corrected chi connectivity index (χ4v) is 3.61. The molecular weight excluding hydrogens is 260 g/mol. The van der Waals surface area contributed by atoms with E-state index in [9.17, 15) is 9.90 Å². The second-order valence-corrected chi connectivity index (χ2v) is 5.85. The SMILES string of the molecule is CCN(CC)CCN1CCc2sccc2C1C(=O)O. The summed E-state index contributed by atoms with van der Waals surface area (Å²) >= 11 is 1.68. The Morgan fingerprint density at radius 1 is 1.53 bits per heavy atom. The van der Waals surface area contributed by atoms with Crippen LogP contribution >= 0.6 is 11.3 Å². The molecule has 0 spiro atoms. The third-order valence-corrected chi connectivity index (χ3v) is 4.89. The number of rotatable bonds is 6. The molecule has 1 unspecified atom stereocenters. The molecule has 0 aromatic carbocycles. The van der Waals surface area contributed by atoms with Crippen LogP contribution in [0.3, 0.4) is 0 Å². The summed E-state index contributed by atoms with van der Waals surface area (Å²) in [7, 11) is 0. The Morgan fingerprint density at radius 2 is 2.26 bits per heavy atom. The first kappa shape index (κ1) is 14.5. The summed E-state index contributed by atoms with van der Waals surface area (Å²) in [5.41, 5.74) is 1.00. The zero-order valence-corrected chi connectivity index (χ0v) is 12.4. The maximum absolute atomic E-state index is 11.6. The molecule has 1 N–H and O–H groups in total. The van der Waals surface area contributed by atoms with Crippen LogP contribution in [0.1, 0.15) is 30.3 Å². The number of thiophene rings is 1. The van der Waals surface area contributed by atoms with Gasteiger partial charge in [0.05, 0.1) is 0 Å². The first-order valence-corrected chi connectivity index (χ1v) is 7.80. The predicted molar refractivity (Wildman–Crippen MR) is 77.8 cm³/mol. The molecule has 5 heteroatoms. The van der Waals surface area contributed by atoms with E-state index in [2.05, 4.69) is 23.6 Å². The molecule has 0 radical (unpaired) electrons. The van der Waals surface area contributed by atoms with Crippen LogP contribution in [-0.2, 0) is 11.2 Å². The molecule has 19 heavy (non-hydrogen) atoms. The maximum Gasteiger partial charge on any atom is 0.325 e. The lowest BCUT2D eigenvalue weighted by Crippen LogP contribution is -2.43. The van der Waals surface area contributed by atoms with Crippen molar-refractivity contribution in [1.29, 1.82) is 0 Å². The second kappa shape index (κ2) is 6.50. The van der Waals surface area contributed by atoms with Crippen molar-refractivity contribution in [3.8, 4) is 0 Å². The van der Waals surface area contributed by atoms with Gasteiger partial charge >= 0.3 is 5.97 Å². The highest BCUT2D eigenvalue weighted by atomic mass is 32.1. The van der Waals surface area contributed by atoms with Gasteiger partial charge in [-0.2, -0.15) is 0 Å². The van der Waals surface area contributed by atoms with Crippen molar-refractivity contribution < 1.29 is 9.90 Å². The fourth-order valence-electron chi connectivity index (χ4n) is 2.71. The average Bonchev–Trinajstić information content (AvgIpc) is 2.87. The Hall–Kier alpha value is -0.910. The molecule has 4 nitrogen and oxygen atoms in total. The molecule has 1 aromatic heterocycles. The Bertz CT molecular complexity index is 429. The van der Waals surface area contributed by atoms with Gasteiger partial charge in [0.2, 0.25) is 0 Å². The summed E-state index contributed by atoms with van der Waals surface area (Å²) in [4.78, 5) is 17.2. The Kier molecular flexibility index (Phi) is 4.96. The van der Waals surface area contributed by atoms with Crippen LogP contribution in [-0.4, -0.2) is 53.6 Å². The van der Waals surface area contributed by atoms with Crippen molar-refractivity contribution in [1.82, 2.24) is 9.80 Å². The summed E-state index contributed by atoms with van der Waals surface area (Å²) in [6, 6.07) is 1.52. The summed E-state index contributed by atoms with van der Waals surface area (Å²) in [6.45, 7) is 8.95. The van der Waals surface area contributed by atoms with Crippen molar-refractivity contribution >= 4 is 17.3 Å². The maximum atomic E-state index is 11.6. The number of carbonyl (C=O) groups is 1. The minimum Gasteiger partial charge on any atom is -0.480 e. The number of hydrogen-bond acceptors (Lipinski definition) is 4. The van der Waals surface area contributed by atoms with E-state index in [1.165, 1.54) is 4.88 Å². The third-order valence-electron chi connectivity index (χ3n) is 3.90. The van der Waals surface area contributed by atoms with E-state index in [1.54, 1.807) is 11.3 Å². The minimum atomic E-state index is -0.723. The first-order valence-electron chi connectivity index (χ1n) is 6.92. The highest BCUT2D eigenvalue weighted by Crippen LogP contribution is 2.33. The molecule has 106 valence electrons. The minimum absolute atomic E-state index is 0.453. The van der Waals surface area contributed by atoms with Crippen LogP contribution in [0.2, 0.25) is 0 Å². The van der Waals surface area contributed by atoms with Gasteiger partial charge in [-0.05, 0) is 36.5 Å². The topological polar surface area (TPSA) is 43.8 Å². The molecule has 1 aromatic rings. The number of carboxylic acid groups (broad SMARTS) is 1. The standard InChI is InChI=1S/C14H22N2O2S/c1-3-15(4-2)8-9-16-7-5-12-11(6-10-19-12)13(16)14(17)18/h6,10,13H,3-5,7-9H2,1-2H3,(H,17,18). The zero-order valence-electron chi connectivity index (χ0n) is 11.6. The van der Waals surface area contributed by atoms with E-state index >= 15 is 0 Å². The van der Waals surface area contributed by atoms with E-state index in [0.717, 1.165) is 44.7 Å². The van der Waals surface area contributed by atoms with Gasteiger partial charge in [0, 0.05) is 24.5 Å². The van der Waals surface area contributed by atoms with E-state index in [-0.39, 0.29) is 0 Å². The third kappa shape index (κ3) is 3.16. The van der Waals surface area contributed by atoms with Gasteiger partial charge in [-0.3, -0.25) is 9.69 Å². The van der Waals surface area contributed by atoms with Crippen molar-refractivity contribution in [2.45, 2.75) is 26.3 Å². The Morgan fingerprint density at radius 3 is 2.89 bits per heavy atom. The van der Waals surface area contributed by atoms with Gasteiger partial charge in [-0.15, -0.1) is 11.3 Å². The number of aliphatic carboxylic acids is 1. The van der Waals surface area contributed by atoms with Gasteiger partial charge in [0.1, 0.15) is 6.04 Å². The number of nitrogens with zero attached hydrogens (tertiary/aromatic N) is 2. The summed E-state index contributed by atoms with van der Waals surface area (Å²) in [5, 5.41) is 11.5. The molecular formula is C14H22N2O2S. The number of likely N-dealkylation sites (N-methyl/N-ethyl adjacent to an activating group) is 1. The lowest BCUT2D eigenvalue weighted by molar-refractivity contribution is -0.144. The van der Waals surface area contributed by atoms with Crippen LogP contribution in [0, 0.1) is 0 Å². The number of carboxylic acids is 1. The lowest BCUT2D eigenvalue weighted by Gasteiger charge is -2.34. The molecule has 0 aliphatic carbocycles. The zero-order chi connectivity index (χ0) is 13.8. The molecule has 0 saturated carbocycles. The molecule has 0 fully saturated rings. The van der Waals surface area contributed by atoms with Crippen LogP contribution in [0.5, 0.6) is 0 Å². The predicted octanol–water partition coefficient (Wildman–Crippen LogP) is 2.07. The quantitative estimate of drug-likeness (QED) is 0.867. The van der Waals surface area contributed by atoms with E-state index < -0.39 is 12.0 Å². The van der Waals surface area contributed by atoms with Crippen molar-refractivity contribution in [3.63, 3.8) is 0 Å². The van der Waals surface area contributed by atoms with Crippen LogP contribution in [0.15, 0.2) is 11.4 Å². The van der Waals surface area contributed by atoms with E-state index in [4.69, 9.17) is 0 Å². The molecule has 2 heterocycles. The van der Waals surface area contributed by atoms with E-state index in [1.807, 2.05) is 11.4 Å². The van der Waals surface area contributed by atoms with Gasteiger partial charge < -0.3 is 10.0 Å². The smallest absolute Gasteiger partial charge is 0.325 e. The van der Waals surface area contributed by atoms with Crippen LogP contribution in [0.25, 0.3) is 0 Å². The summed E-state index contributed by atoms with van der Waals surface area (Å²) in [5.74, 6) is -0.723. The molecule has 0 bridgehead atoms. The highest BCUT2D eigenvalue weighted by Gasteiger charge is 2.33. The lowest BCUT2D eigenvalue weighted by atomic mass is 10.00. The first-order chi connectivity index (χ1) is 9.17. The van der Waals surface area contributed by atoms with Gasteiger partial charge in [-0.1, -0.05) is 13.8 Å². The molecule has 0 saturated heterocycles. The van der Waals surface area contributed by atoms with Crippen molar-refractivity contribution in [2.24, 2.45) is 0 Å². The largest absolute Gasteiger partial charge is 0.480 e. The normalized spacial score (nSPS) is 19.6. The molecule has 2 rings (SSSR count). The van der Waals surface area contributed by atoms with Crippen molar-refractivity contribution in [2.75, 3.05) is 32.7 Å². The monoisotopic (exact) mass is 282 g/mol. The summed E-state index contributed by atoms with van der Waals surface area (Å²) in [6.07, 6.45) is 0.981. The summed E-state index contributed by atoms with van der Waals surface area (Å²) < 4.78 is 0.